The Morgan fingerprint density at radius 3 is 2.28 bits per heavy atom. The van der Waals surface area contributed by atoms with Gasteiger partial charge in [-0.15, -0.1) is 11.8 Å². The van der Waals surface area contributed by atoms with Gasteiger partial charge in [-0.05, 0) is 42.8 Å². The summed E-state index contributed by atoms with van der Waals surface area (Å²) < 4.78 is 63.6. The summed E-state index contributed by atoms with van der Waals surface area (Å²) in [6, 6.07) is 11.8. The molecule has 0 spiro atoms. The van der Waals surface area contributed by atoms with Crippen molar-refractivity contribution in [3.8, 4) is 0 Å². The molecular weight excluding hydrogens is 475 g/mol. The highest BCUT2D eigenvalue weighted by Crippen LogP contribution is 2.33. The van der Waals surface area contributed by atoms with Crippen LogP contribution in [-0.4, -0.2) is 74.9 Å². The van der Waals surface area contributed by atoms with Crippen LogP contribution < -0.4 is 0 Å². The number of nitrogens with zero attached hydrogens (tertiary/aromatic N) is 2. The van der Waals surface area contributed by atoms with Gasteiger partial charge >= 0.3 is 0 Å². The molecule has 1 amide bonds. The second-order valence-electron chi connectivity index (χ2n) is 7.79. The molecule has 0 unspecified atom stereocenters. The zero-order chi connectivity index (χ0) is 22.9. The molecule has 0 radical (unpaired) electrons. The van der Waals surface area contributed by atoms with Crippen molar-refractivity contribution >= 4 is 37.5 Å². The molecule has 1 atom stereocenters. The van der Waals surface area contributed by atoms with Crippen LogP contribution in [0.3, 0.4) is 0 Å². The highest BCUT2D eigenvalue weighted by Gasteiger charge is 2.32. The van der Waals surface area contributed by atoms with Crippen LogP contribution in [-0.2, 0) is 19.9 Å². The standard InChI is InChI=1S/C21H23FN2O5S3/c22-16-5-7-18(8-6-16)32(28,29)24-12-10-23(11-13-24)21(25)19-3-1-2-4-20(19)30-17-9-14-31(26,27)15-17/h1-8,17H,9-15H2/t17-/m0/s1. The average molecular weight is 499 g/mol. The van der Waals surface area contributed by atoms with Crippen LogP contribution in [0.15, 0.2) is 58.3 Å². The van der Waals surface area contributed by atoms with Gasteiger partial charge in [-0.25, -0.2) is 21.2 Å². The van der Waals surface area contributed by atoms with Crippen LogP contribution >= 0.6 is 11.8 Å². The SMILES string of the molecule is O=C(c1ccccc1S[C@H]1CCS(=O)(=O)C1)N1CCN(S(=O)(=O)c2ccc(F)cc2)CC1. The molecule has 0 aliphatic carbocycles. The van der Waals surface area contributed by atoms with Crippen molar-refractivity contribution in [2.45, 2.75) is 21.5 Å². The van der Waals surface area contributed by atoms with Gasteiger partial charge in [0.1, 0.15) is 5.82 Å². The molecule has 7 nitrogen and oxygen atoms in total. The summed E-state index contributed by atoms with van der Waals surface area (Å²) in [5, 5.41) is -0.0772. The van der Waals surface area contributed by atoms with E-state index in [1.54, 1.807) is 17.0 Å². The molecule has 2 aromatic rings. The molecule has 2 saturated heterocycles. The summed E-state index contributed by atoms with van der Waals surface area (Å²) in [6.07, 6.45) is 0.565. The first-order chi connectivity index (χ1) is 15.2. The quantitative estimate of drug-likeness (QED) is 0.628. The second kappa shape index (κ2) is 9.12. The van der Waals surface area contributed by atoms with Gasteiger partial charge in [-0.3, -0.25) is 4.79 Å². The van der Waals surface area contributed by atoms with E-state index < -0.39 is 25.7 Å². The van der Waals surface area contributed by atoms with Gasteiger partial charge in [-0.1, -0.05) is 12.1 Å². The van der Waals surface area contributed by atoms with E-state index in [-0.39, 0.29) is 53.7 Å². The zero-order valence-corrected chi connectivity index (χ0v) is 19.6. The fraction of sp³-hybridized carbons (Fsp3) is 0.381. The number of hydrogen-bond acceptors (Lipinski definition) is 6. The Bertz CT molecular complexity index is 1210. The summed E-state index contributed by atoms with van der Waals surface area (Å²) in [7, 11) is -6.77. The highest BCUT2D eigenvalue weighted by molar-refractivity contribution is 8.02. The molecular formula is C21H23FN2O5S3. The predicted molar refractivity (Wildman–Crippen MR) is 120 cm³/mol. The Labute approximate surface area is 191 Å². The smallest absolute Gasteiger partial charge is 0.255 e. The molecule has 32 heavy (non-hydrogen) atoms. The Hall–Kier alpha value is -1.95. The van der Waals surface area contributed by atoms with E-state index in [0.29, 0.717) is 12.0 Å². The Morgan fingerprint density at radius 1 is 1.00 bits per heavy atom. The van der Waals surface area contributed by atoms with E-state index >= 15 is 0 Å². The van der Waals surface area contributed by atoms with Crippen LogP contribution in [0.5, 0.6) is 0 Å². The van der Waals surface area contributed by atoms with E-state index in [1.165, 1.54) is 28.2 Å². The molecule has 0 N–H and O–H groups in total. The molecule has 11 heteroatoms. The van der Waals surface area contributed by atoms with Gasteiger partial charge in [0.25, 0.3) is 5.91 Å². The summed E-state index contributed by atoms with van der Waals surface area (Å²) >= 11 is 1.41. The number of sulfone groups is 1. The number of carbonyl (C=O) groups is 1. The van der Waals surface area contributed by atoms with Gasteiger partial charge in [0, 0.05) is 36.3 Å². The maximum absolute atomic E-state index is 13.2. The van der Waals surface area contributed by atoms with Gasteiger partial charge in [-0.2, -0.15) is 4.31 Å². The van der Waals surface area contributed by atoms with Gasteiger partial charge in [0.2, 0.25) is 10.0 Å². The lowest BCUT2D eigenvalue weighted by Gasteiger charge is -2.34. The monoisotopic (exact) mass is 498 g/mol. The molecule has 0 saturated carbocycles. The van der Waals surface area contributed by atoms with Crippen molar-refractivity contribution in [3.63, 3.8) is 0 Å². The van der Waals surface area contributed by atoms with Crippen molar-refractivity contribution in [2.75, 3.05) is 37.7 Å². The lowest BCUT2D eigenvalue weighted by Crippen LogP contribution is -2.50. The van der Waals surface area contributed by atoms with E-state index in [1.807, 2.05) is 12.1 Å². The number of benzene rings is 2. The number of thioether (sulfide) groups is 1. The first kappa shape index (κ1) is 23.2. The third-order valence-electron chi connectivity index (χ3n) is 5.58. The van der Waals surface area contributed by atoms with Crippen molar-refractivity contribution in [3.05, 3.63) is 59.9 Å². The molecule has 0 bridgehead atoms. The number of carbonyl (C=O) groups excluding carboxylic acids is 1. The lowest BCUT2D eigenvalue weighted by molar-refractivity contribution is 0.0694. The third kappa shape index (κ3) is 5.00. The van der Waals surface area contributed by atoms with Crippen molar-refractivity contribution in [1.29, 1.82) is 0 Å². The average Bonchev–Trinajstić information content (AvgIpc) is 3.12. The minimum absolute atomic E-state index is 0.0203. The molecule has 2 aromatic carbocycles. The molecule has 172 valence electrons. The summed E-state index contributed by atoms with van der Waals surface area (Å²) in [6.45, 7) is 0.745. The normalized spacial score (nSPS) is 21.5. The zero-order valence-electron chi connectivity index (χ0n) is 17.2. The Morgan fingerprint density at radius 2 is 1.66 bits per heavy atom. The number of hydrogen-bond donors (Lipinski definition) is 0. The van der Waals surface area contributed by atoms with E-state index in [0.717, 1.165) is 17.0 Å². The van der Waals surface area contributed by atoms with Gasteiger partial charge < -0.3 is 4.90 Å². The highest BCUT2D eigenvalue weighted by atomic mass is 32.2. The number of halogens is 1. The van der Waals surface area contributed by atoms with E-state index in [2.05, 4.69) is 0 Å². The summed E-state index contributed by atoms with van der Waals surface area (Å²) in [5.74, 6) is -0.426. The maximum Gasteiger partial charge on any atom is 0.255 e. The van der Waals surface area contributed by atoms with Gasteiger partial charge in [0.15, 0.2) is 9.84 Å². The topological polar surface area (TPSA) is 91.8 Å². The van der Waals surface area contributed by atoms with Crippen LogP contribution in [0.4, 0.5) is 4.39 Å². The molecule has 4 rings (SSSR count). The second-order valence-corrected chi connectivity index (χ2v) is 13.3. The minimum atomic E-state index is -3.76. The van der Waals surface area contributed by atoms with E-state index in [9.17, 15) is 26.0 Å². The first-order valence-corrected chi connectivity index (χ1v) is 14.3. The molecule has 2 fully saturated rings. The van der Waals surface area contributed by atoms with Crippen LogP contribution in [0.2, 0.25) is 0 Å². The van der Waals surface area contributed by atoms with Gasteiger partial charge in [0.05, 0.1) is 22.0 Å². The number of amides is 1. The fourth-order valence-corrected chi connectivity index (χ4v) is 8.88. The maximum atomic E-state index is 13.2. The molecule has 2 heterocycles. The largest absolute Gasteiger partial charge is 0.336 e. The first-order valence-electron chi connectivity index (χ1n) is 10.2. The van der Waals surface area contributed by atoms with Crippen molar-refractivity contribution in [1.82, 2.24) is 9.21 Å². The van der Waals surface area contributed by atoms with Crippen molar-refractivity contribution in [2.24, 2.45) is 0 Å². The third-order valence-corrected chi connectivity index (χ3v) is 10.8. The van der Waals surface area contributed by atoms with Crippen LogP contribution in [0, 0.1) is 5.82 Å². The number of rotatable bonds is 5. The lowest BCUT2D eigenvalue weighted by atomic mass is 10.2. The summed E-state index contributed by atoms with van der Waals surface area (Å²) in [4.78, 5) is 15.5. The molecule has 2 aliphatic heterocycles. The van der Waals surface area contributed by atoms with Crippen LogP contribution in [0.25, 0.3) is 0 Å². The Kier molecular flexibility index (Phi) is 6.62. The number of sulfonamides is 1. The minimum Gasteiger partial charge on any atom is -0.336 e. The fourth-order valence-electron chi connectivity index (χ4n) is 3.84. The predicted octanol–water partition coefficient (Wildman–Crippen LogP) is 2.25. The molecule has 2 aliphatic rings. The van der Waals surface area contributed by atoms with Crippen LogP contribution in [0.1, 0.15) is 16.8 Å². The summed E-state index contributed by atoms with van der Waals surface area (Å²) in [5.41, 5.74) is 0.497. The Balaban J connectivity index is 1.43. The molecule has 0 aromatic heterocycles. The number of piperazine rings is 1. The van der Waals surface area contributed by atoms with Crippen molar-refractivity contribution < 1.29 is 26.0 Å². The van der Waals surface area contributed by atoms with E-state index in [4.69, 9.17) is 0 Å².